The van der Waals surface area contributed by atoms with Gasteiger partial charge in [0.05, 0.1) is 26.6 Å². The number of ether oxygens (including phenoxy) is 2. The summed E-state index contributed by atoms with van der Waals surface area (Å²) < 4.78 is 29.5. The molecule has 2 heterocycles. The van der Waals surface area contributed by atoms with Crippen LogP contribution < -0.4 is 14.2 Å². The number of halogens is 1. The standard InChI is InChI=1S/C23H23FN6O2S/c1-15(12-20-25-13-17(24)14-26-20)33-29-23-28-27-22(16-8-5-4-6-9-16)30(23)21-18(31-2)10-7-11-19(21)32-3/h4-11,13-15H,12H2,1-3H3,(H,28,29). The maximum atomic E-state index is 13.1. The van der Waals surface area contributed by atoms with Crippen molar-refractivity contribution in [1.29, 1.82) is 0 Å². The molecule has 0 aliphatic rings. The molecule has 1 N–H and O–H groups in total. The van der Waals surface area contributed by atoms with Crippen LogP contribution >= 0.6 is 11.9 Å². The molecule has 1 atom stereocenters. The predicted octanol–water partition coefficient (Wildman–Crippen LogP) is 4.57. The number of methoxy groups -OCH3 is 2. The van der Waals surface area contributed by atoms with E-state index in [-0.39, 0.29) is 5.25 Å². The molecular weight excluding hydrogens is 443 g/mol. The van der Waals surface area contributed by atoms with Gasteiger partial charge < -0.3 is 9.47 Å². The van der Waals surface area contributed by atoms with E-state index in [9.17, 15) is 4.39 Å². The van der Waals surface area contributed by atoms with E-state index >= 15 is 0 Å². The maximum Gasteiger partial charge on any atom is 0.239 e. The minimum absolute atomic E-state index is 0.0698. The Labute approximate surface area is 195 Å². The zero-order valence-electron chi connectivity index (χ0n) is 18.4. The molecule has 0 aliphatic heterocycles. The molecule has 4 rings (SSSR count). The Kier molecular flexibility index (Phi) is 7.04. The van der Waals surface area contributed by atoms with Crippen molar-refractivity contribution in [2.45, 2.75) is 18.6 Å². The van der Waals surface area contributed by atoms with Gasteiger partial charge in [-0.1, -0.05) is 43.3 Å². The molecule has 0 radical (unpaired) electrons. The molecule has 0 saturated heterocycles. The number of hydrogen-bond donors (Lipinski definition) is 1. The van der Waals surface area contributed by atoms with Crippen molar-refractivity contribution in [2.75, 3.05) is 18.9 Å². The fraction of sp³-hybridized carbons (Fsp3) is 0.217. The molecule has 0 spiro atoms. The number of rotatable bonds is 9. The van der Waals surface area contributed by atoms with Gasteiger partial charge in [-0.25, -0.2) is 14.4 Å². The molecule has 1 unspecified atom stereocenters. The molecule has 2 aromatic carbocycles. The summed E-state index contributed by atoms with van der Waals surface area (Å²) in [5.41, 5.74) is 1.58. The van der Waals surface area contributed by atoms with E-state index in [1.165, 1.54) is 24.3 Å². The number of benzene rings is 2. The van der Waals surface area contributed by atoms with Gasteiger partial charge in [0.25, 0.3) is 0 Å². The van der Waals surface area contributed by atoms with Crippen LogP contribution in [-0.4, -0.2) is 44.2 Å². The van der Waals surface area contributed by atoms with Gasteiger partial charge in [0.2, 0.25) is 5.95 Å². The molecule has 33 heavy (non-hydrogen) atoms. The summed E-state index contributed by atoms with van der Waals surface area (Å²) in [6.07, 6.45) is 2.89. The van der Waals surface area contributed by atoms with Gasteiger partial charge in [0, 0.05) is 17.2 Å². The van der Waals surface area contributed by atoms with Gasteiger partial charge in [0.15, 0.2) is 11.6 Å². The van der Waals surface area contributed by atoms with E-state index < -0.39 is 5.82 Å². The van der Waals surface area contributed by atoms with Crippen LogP contribution in [0.5, 0.6) is 11.5 Å². The number of aromatic nitrogens is 5. The lowest BCUT2D eigenvalue weighted by molar-refractivity contribution is 0.391. The molecular formula is C23H23FN6O2S. The minimum Gasteiger partial charge on any atom is -0.494 e. The van der Waals surface area contributed by atoms with Crippen molar-refractivity contribution in [1.82, 2.24) is 24.7 Å². The van der Waals surface area contributed by atoms with Crippen molar-refractivity contribution in [3.8, 4) is 28.6 Å². The second-order valence-corrected chi connectivity index (χ2v) is 8.36. The highest BCUT2D eigenvalue weighted by Gasteiger charge is 2.22. The van der Waals surface area contributed by atoms with Gasteiger partial charge in [0.1, 0.15) is 23.0 Å². The summed E-state index contributed by atoms with van der Waals surface area (Å²) in [6.45, 7) is 2.02. The van der Waals surface area contributed by atoms with Gasteiger partial charge >= 0.3 is 0 Å². The topological polar surface area (TPSA) is 87.0 Å². The quantitative estimate of drug-likeness (QED) is 0.359. The van der Waals surface area contributed by atoms with E-state index in [2.05, 4.69) is 24.9 Å². The van der Waals surface area contributed by atoms with Gasteiger partial charge in [-0.3, -0.25) is 9.29 Å². The monoisotopic (exact) mass is 466 g/mol. The summed E-state index contributed by atoms with van der Waals surface area (Å²) in [5, 5.41) is 8.91. The number of hydrogen-bond acceptors (Lipinski definition) is 8. The van der Waals surface area contributed by atoms with Crippen molar-refractivity contribution < 1.29 is 13.9 Å². The summed E-state index contributed by atoms with van der Waals surface area (Å²) in [7, 11) is 3.22. The lowest BCUT2D eigenvalue weighted by Crippen LogP contribution is -2.11. The zero-order chi connectivity index (χ0) is 23.2. The Balaban J connectivity index is 1.68. The fourth-order valence-corrected chi connectivity index (χ4v) is 3.96. The van der Waals surface area contributed by atoms with Crippen LogP contribution in [0.2, 0.25) is 0 Å². The smallest absolute Gasteiger partial charge is 0.239 e. The zero-order valence-corrected chi connectivity index (χ0v) is 19.2. The molecule has 8 nitrogen and oxygen atoms in total. The molecule has 0 bridgehead atoms. The summed E-state index contributed by atoms with van der Waals surface area (Å²) in [6, 6.07) is 15.3. The first-order valence-electron chi connectivity index (χ1n) is 10.2. The van der Waals surface area contributed by atoms with E-state index in [1.54, 1.807) is 14.2 Å². The molecule has 0 aliphatic carbocycles. The maximum absolute atomic E-state index is 13.1. The second-order valence-electron chi connectivity index (χ2n) is 7.11. The predicted molar refractivity (Wildman–Crippen MR) is 126 cm³/mol. The van der Waals surface area contributed by atoms with Crippen LogP contribution in [0.4, 0.5) is 10.3 Å². The SMILES string of the molecule is COc1cccc(OC)c1-n1c(NSC(C)Cc2ncc(F)cn2)nnc1-c1ccccc1. The third-order valence-corrected chi connectivity index (χ3v) is 5.69. The third-order valence-electron chi connectivity index (χ3n) is 4.82. The third kappa shape index (κ3) is 5.06. The van der Waals surface area contributed by atoms with Crippen LogP contribution in [0.15, 0.2) is 60.9 Å². The van der Waals surface area contributed by atoms with Crippen LogP contribution in [0.25, 0.3) is 17.1 Å². The first-order valence-corrected chi connectivity index (χ1v) is 11.1. The molecule has 170 valence electrons. The highest BCUT2D eigenvalue weighted by Crippen LogP contribution is 2.38. The number of anilines is 1. The van der Waals surface area contributed by atoms with Crippen molar-refractivity contribution >= 4 is 17.9 Å². The van der Waals surface area contributed by atoms with E-state index in [0.29, 0.717) is 41.2 Å². The normalized spacial score (nSPS) is 11.8. The fourth-order valence-electron chi connectivity index (χ4n) is 3.28. The van der Waals surface area contributed by atoms with Gasteiger partial charge in [-0.2, -0.15) is 0 Å². The Morgan fingerprint density at radius 3 is 2.27 bits per heavy atom. The molecule has 10 heteroatoms. The van der Waals surface area contributed by atoms with Crippen LogP contribution in [0.3, 0.4) is 0 Å². The Morgan fingerprint density at radius 1 is 0.970 bits per heavy atom. The van der Waals surface area contributed by atoms with E-state index in [1.807, 2.05) is 60.0 Å². The van der Waals surface area contributed by atoms with Crippen molar-refractivity contribution in [3.63, 3.8) is 0 Å². The first kappa shape index (κ1) is 22.5. The van der Waals surface area contributed by atoms with Gasteiger partial charge in [-0.15, -0.1) is 10.2 Å². The van der Waals surface area contributed by atoms with Crippen molar-refractivity contribution in [2.24, 2.45) is 0 Å². The Hall–Kier alpha value is -3.66. The van der Waals surface area contributed by atoms with E-state index in [0.717, 1.165) is 5.56 Å². The van der Waals surface area contributed by atoms with Crippen LogP contribution in [0.1, 0.15) is 12.7 Å². The van der Waals surface area contributed by atoms with E-state index in [4.69, 9.17) is 9.47 Å². The summed E-state index contributed by atoms with van der Waals surface area (Å²) in [5.74, 6) is 2.49. The molecule has 0 saturated carbocycles. The highest BCUT2D eigenvalue weighted by molar-refractivity contribution is 8.01. The lowest BCUT2D eigenvalue weighted by atomic mass is 10.2. The highest BCUT2D eigenvalue weighted by atomic mass is 32.2. The second kappa shape index (κ2) is 10.3. The summed E-state index contributed by atoms with van der Waals surface area (Å²) in [4.78, 5) is 8.07. The van der Waals surface area contributed by atoms with Crippen LogP contribution in [0, 0.1) is 5.82 Å². The largest absolute Gasteiger partial charge is 0.494 e. The Bertz CT molecular complexity index is 1180. The van der Waals surface area contributed by atoms with Gasteiger partial charge in [-0.05, 0) is 24.1 Å². The number of para-hydroxylation sites is 1. The molecule has 0 amide bonds. The first-order chi connectivity index (χ1) is 16.1. The van der Waals surface area contributed by atoms with Crippen LogP contribution in [-0.2, 0) is 6.42 Å². The van der Waals surface area contributed by atoms with Crippen molar-refractivity contribution in [3.05, 3.63) is 72.6 Å². The average Bonchev–Trinajstić information content (AvgIpc) is 3.27. The molecule has 0 fully saturated rings. The summed E-state index contributed by atoms with van der Waals surface area (Å²) >= 11 is 1.44. The lowest BCUT2D eigenvalue weighted by Gasteiger charge is -2.18. The minimum atomic E-state index is -0.454. The average molecular weight is 467 g/mol. The molecule has 2 aromatic heterocycles. The Morgan fingerprint density at radius 2 is 1.64 bits per heavy atom. The number of nitrogens with one attached hydrogen (secondary N) is 1. The number of nitrogens with zero attached hydrogens (tertiary/aromatic N) is 5. The molecule has 4 aromatic rings.